The number of carbonyl (C=O) groups excluding carboxylic acids is 2. The van der Waals surface area contributed by atoms with Gasteiger partial charge in [0.05, 0.1) is 6.04 Å². The molecule has 1 aliphatic carbocycles. The molecule has 1 saturated carbocycles. The van der Waals surface area contributed by atoms with E-state index < -0.39 is 6.04 Å². The largest absolute Gasteiger partial charge is 0.459 e. The number of carbonyl (C=O) groups is 2. The Morgan fingerprint density at radius 2 is 1.59 bits per heavy atom. The van der Waals surface area contributed by atoms with Crippen LogP contribution in [0.4, 0.5) is 4.79 Å². The van der Waals surface area contributed by atoms with Crippen LogP contribution in [-0.4, -0.2) is 40.6 Å². The molecule has 2 amide bonds. The number of fused-ring (bicyclic) bond motifs is 3. The predicted molar refractivity (Wildman–Crippen MR) is 105 cm³/mol. The summed E-state index contributed by atoms with van der Waals surface area (Å²) in [5.41, 5.74) is 1.94. The standard InChI is InChI=1S/C23H24N2O4/c26-21(28-15-17-7-3-1-4-8-17)19-13-23(11-12-23)20-14-24(19)22(27)25(20)29-16-18-9-5-2-6-10-18/h1-10,19-20H,11-16H2. The van der Waals surface area contributed by atoms with Crippen molar-refractivity contribution in [3.8, 4) is 0 Å². The highest BCUT2D eigenvalue weighted by molar-refractivity contribution is 5.86. The van der Waals surface area contributed by atoms with Crippen LogP contribution >= 0.6 is 0 Å². The number of esters is 1. The number of hydroxylamine groups is 2. The summed E-state index contributed by atoms with van der Waals surface area (Å²) in [6, 6.07) is 18.7. The maximum absolute atomic E-state index is 13.0. The monoisotopic (exact) mass is 392 g/mol. The van der Waals surface area contributed by atoms with E-state index in [4.69, 9.17) is 9.57 Å². The van der Waals surface area contributed by atoms with Gasteiger partial charge in [-0.25, -0.2) is 9.59 Å². The lowest BCUT2D eigenvalue weighted by atomic mass is 9.85. The number of hydrogen-bond donors (Lipinski definition) is 0. The van der Waals surface area contributed by atoms with Crippen LogP contribution in [0.2, 0.25) is 0 Å². The molecule has 0 N–H and O–H groups in total. The highest BCUT2D eigenvalue weighted by Gasteiger charge is 2.64. The van der Waals surface area contributed by atoms with E-state index in [0.717, 1.165) is 24.0 Å². The van der Waals surface area contributed by atoms with E-state index in [1.54, 1.807) is 4.90 Å². The number of piperidine rings is 1. The average molecular weight is 392 g/mol. The Bertz CT molecular complexity index is 898. The molecule has 2 aromatic rings. The number of ether oxygens (including phenoxy) is 1. The minimum absolute atomic E-state index is 0.0110. The third kappa shape index (κ3) is 3.38. The van der Waals surface area contributed by atoms with Gasteiger partial charge in [-0.2, -0.15) is 5.06 Å². The van der Waals surface area contributed by atoms with Gasteiger partial charge < -0.3 is 9.64 Å². The van der Waals surface area contributed by atoms with E-state index in [1.165, 1.54) is 5.06 Å². The molecule has 3 fully saturated rings. The summed E-state index contributed by atoms with van der Waals surface area (Å²) in [6.07, 6.45) is 2.70. The van der Waals surface area contributed by atoms with Gasteiger partial charge in [-0.3, -0.25) is 4.84 Å². The number of nitrogens with zero attached hydrogens (tertiary/aromatic N) is 2. The van der Waals surface area contributed by atoms with Crippen LogP contribution in [0.15, 0.2) is 60.7 Å². The molecule has 2 aromatic carbocycles. The van der Waals surface area contributed by atoms with Crippen molar-refractivity contribution in [2.75, 3.05) is 6.54 Å². The van der Waals surface area contributed by atoms with Crippen LogP contribution in [0.1, 0.15) is 30.4 Å². The van der Waals surface area contributed by atoms with E-state index in [1.807, 2.05) is 60.7 Å². The average Bonchev–Trinajstić information content (AvgIpc) is 3.47. The van der Waals surface area contributed by atoms with Gasteiger partial charge >= 0.3 is 12.0 Å². The van der Waals surface area contributed by atoms with Gasteiger partial charge in [0, 0.05) is 6.54 Å². The lowest BCUT2D eigenvalue weighted by molar-refractivity contribution is -0.157. The first-order chi connectivity index (χ1) is 14.2. The van der Waals surface area contributed by atoms with Crippen molar-refractivity contribution < 1.29 is 19.2 Å². The first-order valence-electron chi connectivity index (χ1n) is 10.1. The summed E-state index contributed by atoms with van der Waals surface area (Å²) >= 11 is 0. The molecule has 1 spiro atoms. The van der Waals surface area contributed by atoms with E-state index in [0.29, 0.717) is 19.6 Å². The third-order valence-electron chi connectivity index (χ3n) is 6.37. The first-order valence-corrected chi connectivity index (χ1v) is 10.1. The van der Waals surface area contributed by atoms with Gasteiger partial charge in [0.25, 0.3) is 0 Å². The molecule has 0 aromatic heterocycles. The Balaban J connectivity index is 1.28. The van der Waals surface area contributed by atoms with Crippen molar-refractivity contribution in [2.24, 2.45) is 5.41 Å². The zero-order chi connectivity index (χ0) is 19.8. The van der Waals surface area contributed by atoms with Gasteiger partial charge in [0.1, 0.15) is 19.3 Å². The molecule has 6 heteroatoms. The summed E-state index contributed by atoms with van der Waals surface area (Å²) in [7, 11) is 0. The van der Waals surface area contributed by atoms with Gasteiger partial charge in [-0.05, 0) is 35.8 Å². The Morgan fingerprint density at radius 1 is 0.966 bits per heavy atom. The second-order valence-electron chi connectivity index (χ2n) is 8.21. The summed E-state index contributed by atoms with van der Waals surface area (Å²) in [4.78, 5) is 33.4. The molecule has 2 atom stereocenters. The number of amides is 2. The quantitative estimate of drug-likeness (QED) is 0.706. The number of benzene rings is 2. The lowest BCUT2D eigenvalue weighted by Crippen LogP contribution is -2.49. The summed E-state index contributed by atoms with van der Waals surface area (Å²) in [5.74, 6) is -0.322. The van der Waals surface area contributed by atoms with Crippen molar-refractivity contribution in [3.05, 3.63) is 71.8 Å². The number of rotatable bonds is 6. The van der Waals surface area contributed by atoms with E-state index >= 15 is 0 Å². The normalized spacial score (nSPS) is 24.1. The zero-order valence-corrected chi connectivity index (χ0v) is 16.2. The molecule has 2 aliphatic heterocycles. The zero-order valence-electron chi connectivity index (χ0n) is 16.2. The van der Waals surface area contributed by atoms with Gasteiger partial charge in [0.2, 0.25) is 0 Å². The molecule has 5 rings (SSSR count). The predicted octanol–water partition coefficient (Wildman–Crippen LogP) is 3.52. The van der Waals surface area contributed by atoms with E-state index in [2.05, 4.69) is 0 Å². The molecule has 29 heavy (non-hydrogen) atoms. The fourth-order valence-electron chi connectivity index (χ4n) is 4.53. The fourth-order valence-corrected chi connectivity index (χ4v) is 4.53. The van der Waals surface area contributed by atoms with Crippen molar-refractivity contribution in [3.63, 3.8) is 0 Å². The second-order valence-corrected chi connectivity index (χ2v) is 8.21. The van der Waals surface area contributed by atoms with Crippen molar-refractivity contribution in [2.45, 2.75) is 44.6 Å². The van der Waals surface area contributed by atoms with Crippen molar-refractivity contribution in [1.29, 1.82) is 0 Å². The molecule has 2 unspecified atom stereocenters. The Hall–Kier alpha value is -2.86. The number of urea groups is 1. The number of hydrogen-bond acceptors (Lipinski definition) is 4. The van der Waals surface area contributed by atoms with E-state index in [-0.39, 0.29) is 30.1 Å². The molecule has 3 aliphatic rings. The van der Waals surface area contributed by atoms with Crippen molar-refractivity contribution in [1.82, 2.24) is 9.96 Å². The molecule has 2 bridgehead atoms. The van der Waals surface area contributed by atoms with Crippen LogP contribution in [0.5, 0.6) is 0 Å². The van der Waals surface area contributed by atoms with Crippen LogP contribution in [0.3, 0.4) is 0 Å². The van der Waals surface area contributed by atoms with Gasteiger partial charge in [0.15, 0.2) is 0 Å². The van der Waals surface area contributed by atoms with Crippen LogP contribution < -0.4 is 0 Å². The molecule has 2 saturated heterocycles. The Labute approximate surface area is 170 Å². The Morgan fingerprint density at radius 3 is 2.21 bits per heavy atom. The van der Waals surface area contributed by atoms with Gasteiger partial charge in [-0.15, -0.1) is 0 Å². The molecule has 0 radical (unpaired) electrons. The maximum Gasteiger partial charge on any atom is 0.345 e. The van der Waals surface area contributed by atoms with Crippen LogP contribution in [-0.2, 0) is 27.6 Å². The third-order valence-corrected chi connectivity index (χ3v) is 6.37. The minimum Gasteiger partial charge on any atom is -0.459 e. The fraction of sp³-hybridized carbons (Fsp3) is 0.391. The molecule has 6 nitrogen and oxygen atoms in total. The smallest absolute Gasteiger partial charge is 0.345 e. The highest BCUT2D eigenvalue weighted by atomic mass is 16.7. The summed E-state index contributed by atoms with van der Waals surface area (Å²) in [5, 5.41) is 1.52. The maximum atomic E-state index is 13.0. The van der Waals surface area contributed by atoms with E-state index in [9.17, 15) is 9.59 Å². The summed E-state index contributed by atoms with van der Waals surface area (Å²) < 4.78 is 5.56. The van der Waals surface area contributed by atoms with Crippen LogP contribution in [0.25, 0.3) is 0 Å². The molecule has 150 valence electrons. The minimum atomic E-state index is -0.532. The topological polar surface area (TPSA) is 59.1 Å². The Kier molecular flexibility index (Phi) is 4.51. The lowest BCUT2D eigenvalue weighted by Gasteiger charge is -2.35. The molecule has 2 heterocycles. The SMILES string of the molecule is O=C(OCc1ccccc1)C1CC2(CC2)C2CN1C(=O)N2OCc1ccccc1. The summed E-state index contributed by atoms with van der Waals surface area (Å²) in [6.45, 7) is 1.09. The highest BCUT2D eigenvalue weighted by Crippen LogP contribution is 2.59. The first kappa shape index (κ1) is 18.2. The molecular formula is C23H24N2O4. The second kappa shape index (κ2) is 7.19. The van der Waals surface area contributed by atoms with Gasteiger partial charge in [-0.1, -0.05) is 60.7 Å². The molecular weight excluding hydrogens is 368 g/mol. The van der Waals surface area contributed by atoms with Crippen molar-refractivity contribution >= 4 is 12.0 Å². The van der Waals surface area contributed by atoms with Crippen LogP contribution in [0, 0.1) is 5.41 Å².